The molecule has 0 aliphatic carbocycles. The zero-order valence-corrected chi connectivity index (χ0v) is 14.8. The number of rotatable bonds is 6. The summed E-state index contributed by atoms with van der Waals surface area (Å²) in [7, 11) is 4.08. The maximum Gasteiger partial charge on any atom is 0.140 e. The van der Waals surface area contributed by atoms with Gasteiger partial charge in [0.15, 0.2) is 0 Å². The van der Waals surface area contributed by atoms with Gasteiger partial charge < -0.3 is 10.2 Å². The lowest BCUT2D eigenvalue weighted by Crippen LogP contribution is -2.27. The fraction of sp³-hybridized carbons (Fsp3) is 0.300. The molecule has 1 atom stereocenters. The highest BCUT2D eigenvalue weighted by atomic mass is 19.1. The van der Waals surface area contributed by atoms with E-state index in [-0.39, 0.29) is 11.9 Å². The third kappa shape index (κ3) is 3.77. The molecule has 0 spiro atoms. The molecule has 130 valence electrons. The van der Waals surface area contributed by atoms with Crippen LogP contribution < -0.4 is 5.32 Å². The Morgan fingerprint density at radius 1 is 1.08 bits per heavy atom. The Morgan fingerprint density at radius 2 is 1.84 bits per heavy atom. The van der Waals surface area contributed by atoms with Crippen LogP contribution in [-0.4, -0.2) is 35.5 Å². The molecule has 1 aromatic heterocycles. The van der Waals surface area contributed by atoms with E-state index in [1.54, 1.807) is 12.1 Å². The highest BCUT2D eigenvalue weighted by molar-refractivity contribution is 5.89. The van der Waals surface area contributed by atoms with Crippen molar-refractivity contribution in [2.24, 2.45) is 0 Å². The van der Waals surface area contributed by atoms with Crippen molar-refractivity contribution in [2.75, 3.05) is 26.0 Å². The highest BCUT2D eigenvalue weighted by Gasteiger charge is 2.16. The zero-order chi connectivity index (χ0) is 17.8. The number of benzene rings is 2. The monoisotopic (exact) mass is 338 g/mol. The minimum absolute atomic E-state index is 0.155. The molecule has 3 rings (SSSR count). The molecule has 0 fully saturated rings. The second-order valence-electron chi connectivity index (χ2n) is 6.31. The molecule has 5 heteroatoms. The van der Waals surface area contributed by atoms with Crippen LogP contribution in [0.4, 0.5) is 10.2 Å². The topological polar surface area (TPSA) is 41.1 Å². The van der Waals surface area contributed by atoms with Gasteiger partial charge in [-0.1, -0.05) is 37.3 Å². The number of aromatic nitrogens is 2. The SMILES string of the molecule is CCc1ccc(C(CNc2ncnc3cccc(F)c23)N(C)C)cc1. The summed E-state index contributed by atoms with van der Waals surface area (Å²) < 4.78 is 14.2. The number of nitrogens with zero attached hydrogens (tertiary/aromatic N) is 3. The van der Waals surface area contributed by atoms with E-state index < -0.39 is 0 Å². The molecule has 2 aromatic carbocycles. The van der Waals surface area contributed by atoms with E-state index in [1.807, 2.05) is 14.1 Å². The molecule has 1 unspecified atom stereocenters. The van der Waals surface area contributed by atoms with Gasteiger partial charge in [0, 0.05) is 6.54 Å². The van der Waals surface area contributed by atoms with Crippen molar-refractivity contribution in [1.29, 1.82) is 0 Å². The van der Waals surface area contributed by atoms with Crippen molar-refractivity contribution in [3.05, 3.63) is 65.7 Å². The summed E-state index contributed by atoms with van der Waals surface area (Å²) in [5.74, 6) is 0.217. The number of anilines is 1. The summed E-state index contributed by atoms with van der Waals surface area (Å²) in [6.07, 6.45) is 2.49. The van der Waals surface area contributed by atoms with E-state index >= 15 is 0 Å². The number of fused-ring (bicyclic) bond motifs is 1. The zero-order valence-electron chi connectivity index (χ0n) is 14.8. The lowest BCUT2D eigenvalue weighted by atomic mass is 10.0. The number of halogens is 1. The lowest BCUT2D eigenvalue weighted by molar-refractivity contribution is 0.311. The summed E-state index contributed by atoms with van der Waals surface area (Å²) in [5.41, 5.74) is 3.14. The fourth-order valence-electron chi connectivity index (χ4n) is 2.97. The van der Waals surface area contributed by atoms with E-state index in [4.69, 9.17) is 0 Å². The van der Waals surface area contributed by atoms with Gasteiger partial charge in [-0.05, 0) is 43.8 Å². The van der Waals surface area contributed by atoms with E-state index in [1.165, 1.54) is 23.5 Å². The molecule has 4 nitrogen and oxygen atoms in total. The molecule has 0 amide bonds. The minimum Gasteiger partial charge on any atom is -0.367 e. The molecular formula is C20H23FN4. The quantitative estimate of drug-likeness (QED) is 0.736. The number of aryl methyl sites for hydroxylation is 1. The second kappa shape index (κ2) is 7.57. The van der Waals surface area contributed by atoms with Crippen molar-refractivity contribution in [2.45, 2.75) is 19.4 Å². The number of hydrogen-bond acceptors (Lipinski definition) is 4. The van der Waals surface area contributed by atoms with Crippen LogP contribution >= 0.6 is 0 Å². The first kappa shape index (κ1) is 17.3. The Balaban J connectivity index is 1.85. The third-order valence-electron chi connectivity index (χ3n) is 4.47. The van der Waals surface area contributed by atoms with Gasteiger partial charge in [-0.3, -0.25) is 0 Å². The maximum absolute atomic E-state index is 14.2. The number of hydrogen-bond donors (Lipinski definition) is 1. The van der Waals surface area contributed by atoms with Crippen molar-refractivity contribution < 1.29 is 4.39 Å². The largest absolute Gasteiger partial charge is 0.367 e. The predicted octanol–water partition coefficient (Wildman–Crippen LogP) is 4.05. The Bertz CT molecular complexity index is 841. The minimum atomic E-state index is -0.311. The highest BCUT2D eigenvalue weighted by Crippen LogP contribution is 2.24. The van der Waals surface area contributed by atoms with Crippen molar-refractivity contribution in [3.8, 4) is 0 Å². The molecule has 0 saturated heterocycles. The first-order chi connectivity index (χ1) is 12.1. The Labute approximate surface area is 147 Å². The van der Waals surface area contributed by atoms with E-state index in [2.05, 4.69) is 51.4 Å². The van der Waals surface area contributed by atoms with Crippen LogP contribution in [0.3, 0.4) is 0 Å². The molecule has 0 bridgehead atoms. The van der Waals surface area contributed by atoms with Crippen molar-refractivity contribution in [3.63, 3.8) is 0 Å². The van der Waals surface area contributed by atoms with Crippen LogP contribution in [0.1, 0.15) is 24.1 Å². The Kier molecular flexibility index (Phi) is 5.24. The Morgan fingerprint density at radius 3 is 2.52 bits per heavy atom. The van der Waals surface area contributed by atoms with Crippen molar-refractivity contribution >= 4 is 16.7 Å². The molecule has 1 heterocycles. The molecule has 0 aliphatic rings. The van der Waals surface area contributed by atoms with Crippen LogP contribution in [0, 0.1) is 5.82 Å². The van der Waals surface area contributed by atoms with Gasteiger partial charge >= 0.3 is 0 Å². The molecule has 0 aliphatic heterocycles. The summed E-state index contributed by atoms with van der Waals surface area (Å²) in [5, 5.41) is 3.74. The third-order valence-corrected chi connectivity index (χ3v) is 4.47. The van der Waals surface area contributed by atoms with Crippen LogP contribution in [0.5, 0.6) is 0 Å². The maximum atomic E-state index is 14.2. The Hall–Kier alpha value is -2.53. The van der Waals surface area contributed by atoms with Crippen LogP contribution in [0.2, 0.25) is 0 Å². The van der Waals surface area contributed by atoms with E-state index in [9.17, 15) is 4.39 Å². The van der Waals surface area contributed by atoms with E-state index in [0.717, 1.165) is 6.42 Å². The summed E-state index contributed by atoms with van der Waals surface area (Å²) in [4.78, 5) is 10.5. The first-order valence-electron chi connectivity index (χ1n) is 8.48. The molecule has 25 heavy (non-hydrogen) atoms. The van der Waals surface area contributed by atoms with Crippen LogP contribution in [0.25, 0.3) is 10.9 Å². The standard InChI is InChI=1S/C20H23FN4/c1-4-14-8-10-15(11-9-14)18(25(2)3)12-22-20-19-16(21)6-5-7-17(19)23-13-24-20/h5-11,13,18H,4,12H2,1-3H3,(H,22,23,24). The summed E-state index contributed by atoms with van der Waals surface area (Å²) in [6.45, 7) is 2.77. The van der Waals surface area contributed by atoms with Gasteiger partial charge in [0.25, 0.3) is 0 Å². The number of nitrogens with one attached hydrogen (secondary N) is 1. The second-order valence-corrected chi connectivity index (χ2v) is 6.31. The average Bonchev–Trinajstić information content (AvgIpc) is 2.62. The van der Waals surface area contributed by atoms with Gasteiger partial charge in [0.05, 0.1) is 16.9 Å². The van der Waals surface area contributed by atoms with E-state index in [0.29, 0.717) is 23.3 Å². The van der Waals surface area contributed by atoms with Gasteiger partial charge in [0.1, 0.15) is 18.0 Å². The smallest absolute Gasteiger partial charge is 0.140 e. The normalized spacial score (nSPS) is 12.5. The van der Waals surface area contributed by atoms with Crippen LogP contribution in [-0.2, 0) is 6.42 Å². The van der Waals surface area contributed by atoms with Crippen molar-refractivity contribution in [1.82, 2.24) is 14.9 Å². The molecule has 0 saturated carbocycles. The number of likely N-dealkylation sites (N-methyl/N-ethyl adjacent to an activating group) is 1. The van der Waals surface area contributed by atoms with Gasteiger partial charge in [-0.15, -0.1) is 0 Å². The molecule has 1 N–H and O–H groups in total. The average molecular weight is 338 g/mol. The first-order valence-corrected chi connectivity index (χ1v) is 8.48. The summed E-state index contributed by atoms with van der Waals surface area (Å²) in [6, 6.07) is 13.7. The van der Waals surface area contributed by atoms with Gasteiger partial charge in [-0.2, -0.15) is 0 Å². The van der Waals surface area contributed by atoms with Gasteiger partial charge in [0.2, 0.25) is 0 Å². The predicted molar refractivity (Wildman–Crippen MR) is 100 cm³/mol. The van der Waals surface area contributed by atoms with Gasteiger partial charge in [-0.25, -0.2) is 14.4 Å². The fourth-order valence-corrected chi connectivity index (χ4v) is 2.97. The molecule has 0 radical (unpaired) electrons. The van der Waals surface area contributed by atoms with Crippen LogP contribution in [0.15, 0.2) is 48.8 Å². The lowest BCUT2D eigenvalue weighted by Gasteiger charge is -2.25. The molecular weight excluding hydrogens is 315 g/mol. The molecule has 3 aromatic rings. The summed E-state index contributed by atoms with van der Waals surface area (Å²) >= 11 is 0.